The van der Waals surface area contributed by atoms with Gasteiger partial charge in [0.1, 0.15) is 11.2 Å². The summed E-state index contributed by atoms with van der Waals surface area (Å²) in [4.78, 5) is 16.1. The molecular formula is C51H31N3O. The van der Waals surface area contributed by atoms with Gasteiger partial charge in [0.15, 0.2) is 5.82 Å². The van der Waals surface area contributed by atoms with Crippen molar-refractivity contribution < 1.29 is 4.42 Å². The first-order chi connectivity index (χ1) is 27.3. The van der Waals surface area contributed by atoms with Crippen LogP contribution in [0.3, 0.4) is 0 Å². The molecule has 8 aromatic carbocycles. The van der Waals surface area contributed by atoms with Crippen molar-refractivity contribution in [2.24, 2.45) is 0 Å². The van der Waals surface area contributed by atoms with Crippen molar-refractivity contribution in [3.63, 3.8) is 0 Å². The number of pyridine rings is 1. The summed E-state index contributed by atoms with van der Waals surface area (Å²) in [6.07, 6.45) is 0. The Balaban J connectivity index is 1.14. The van der Waals surface area contributed by atoms with Gasteiger partial charge in [0.05, 0.1) is 22.6 Å². The van der Waals surface area contributed by atoms with E-state index >= 15 is 0 Å². The highest BCUT2D eigenvalue weighted by atomic mass is 16.3. The van der Waals surface area contributed by atoms with Gasteiger partial charge in [0.2, 0.25) is 0 Å². The fourth-order valence-corrected chi connectivity index (χ4v) is 8.12. The summed E-state index contributed by atoms with van der Waals surface area (Å²) in [6, 6.07) is 65.4. The first-order valence-corrected chi connectivity index (χ1v) is 18.5. The third-order valence-corrected chi connectivity index (χ3v) is 10.7. The molecule has 11 rings (SSSR count). The predicted molar refractivity (Wildman–Crippen MR) is 227 cm³/mol. The first kappa shape index (κ1) is 31.1. The fourth-order valence-electron chi connectivity index (χ4n) is 8.12. The standard InChI is InChI=1S/C51H31N3O/c1-3-15-34(16-4-1)48-45(49(35-17-5-2-6-18-35)54-51(53-48)40-23-13-19-32-14-7-8-20-37(32)40)33-26-28-36(29-27-33)47-42-31-30-39-38-21-10-12-25-44(38)55-50(39)46(42)41-22-9-11-24-43(41)52-47/h1-31H. The van der Waals surface area contributed by atoms with Crippen LogP contribution in [0.5, 0.6) is 0 Å². The van der Waals surface area contributed by atoms with Crippen molar-refractivity contribution >= 4 is 54.4 Å². The minimum Gasteiger partial charge on any atom is -0.455 e. The van der Waals surface area contributed by atoms with E-state index in [1.165, 1.54) is 0 Å². The van der Waals surface area contributed by atoms with Gasteiger partial charge in [-0.25, -0.2) is 15.0 Å². The molecule has 4 heteroatoms. The maximum Gasteiger partial charge on any atom is 0.161 e. The van der Waals surface area contributed by atoms with Crippen molar-refractivity contribution in [3.8, 4) is 56.3 Å². The van der Waals surface area contributed by atoms with Gasteiger partial charge in [-0.3, -0.25) is 0 Å². The predicted octanol–water partition coefficient (Wildman–Crippen LogP) is 13.6. The SMILES string of the molecule is c1ccc(-c2nc(-c3cccc4ccccc34)nc(-c3ccccc3)c2-c2ccc(-c3nc4ccccc4c4c3ccc3c5ccccc5oc34)cc2)cc1. The van der Waals surface area contributed by atoms with E-state index in [1.54, 1.807) is 0 Å². The number of hydrogen-bond donors (Lipinski definition) is 0. The molecule has 11 aromatic rings. The fraction of sp³-hybridized carbons (Fsp3) is 0. The number of aromatic nitrogens is 3. The van der Waals surface area contributed by atoms with E-state index < -0.39 is 0 Å². The summed E-state index contributed by atoms with van der Waals surface area (Å²) in [5, 5.41) is 7.70. The molecule has 0 saturated heterocycles. The molecule has 0 spiro atoms. The summed E-state index contributed by atoms with van der Waals surface area (Å²) >= 11 is 0. The van der Waals surface area contributed by atoms with Gasteiger partial charge in [-0.2, -0.15) is 0 Å². The number of benzene rings is 8. The molecule has 0 saturated carbocycles. The van der Waals surface area contributed by atoms with Gasteiger partial charge in [-0.1, -0.05) is 170 Å². The Kier molecular flexibility index (Phi) is 7.14. The topological polar surface area (TPSA) is 51.8 Å². The maximum atomic E-state index is 6.58. The van der Waals surface area contributed by atoms with Gasteiger partial charge >= 0.3 is 0 Å². The highest BCUT2D eigenvalue weighted by molar-refractivity contribution is 6.24. The molecule has 4 nitrogen and oxygen atoms in total. The zero-order valence-electron chi connectivity index (χ0n) is 29.6. The molecule has 3 aromatic heterocycles. The van der Waals surface area contributed by atoms with Crippen LogP contribution in [-0.2, 0) is 0 Å². The molecule has 256 valence electrons. The number of para-hydroxylation sites is 2. The first-order valence-electron chi connectivity index (χ1n) is 18.5. The number of nitrogens with zero attached hydrogens (tertiary/aromatic N) is 3. The van der Waals surface area contributed by atoms with Crippen LogP contribution in [0.25, 0.3) is 111 Å². The van der Waals surface area contributed by atoms with Gasteiger partial charge in [0, 0.05) is 54.7 Å². The molecule has 0 amide bonds. The molecule has 0 aliphatic heterocycles. The van der Waals surface area contributed by atoms with Gasteiger partial charge in [-0.05, 0) is 34.5 Å². The summed E-state index contributed by atoms with van der Waals surface area (Å²) < 4.78 is 6.58. The Morgan fingerprint density at radius 3 is 1.65 bits per heavy atom. The Labute approximate surface area is 317 Å². The summed E-state index contributed by atoms with van der Waals surface area (Å²) in [7, 11) is 0. The molecule has 3 heterocycles. The lowest BCUT2D eigenvalue weighted by atomic mass is 9.92. The smallest absolute Gasteiger partial charge is 0.161 e. The summed E-state index contributed by atoms with van der Waals surface area (Å²) in [5.41, 5.74) is 11.5. The Bertz CT molecular complexity index is 3180. The zero-order valence-corrected chi connectivity index (χ0v) is 29.6. The van der Waals surface area contributed by atoms with Crippen LogP contribution in [0.15, 0.2) is 192 Å². The Morgan fingerprint density at radius 1 is 0.345 bits per heavy atom. The van der Waals surface area contributed by atoms with Crippen LogP contribution in [0.4, 0.5) is 0 Å². The molecule has 0 fully saturated rings. The molecule has 0 radical (unpaired) electrons. The molecule has 0 N–H and O–H groups in total. The highest BCUT2D eigenvalue weighted by Crippen LogP contribution is 2.43. The lowest BCUT2D eigenvalue weighted by molar-refractivity contribution is 0.673. The van der Waals surface area contributed by atoms with Crippen LogP contribution in [0, 0.1) is 0 Å². The van der Waals surface area contributed by atoms with Gasteiger partial charge in [-0.15, -0.1) is 0 Å². The minimum absolute atomic E-state index is 0.693. The number of furan rings is 1. The second-order valence-electron chi connectivity index (χ2n) is 13.9. The second kappa shape index (κ2) is 12.6. The van der Waals surface area contributed by atoms with Crippen LogP contribution in [0.2, 0.25) is 0 Å². The molecule has 0 aliphatic carbocycles. The summed E-state index contributed by atoms with van der Waals surface area (Å²) in [6.45, 7) is 0. The summed E-state index contributed by atoms with van der Waals surface area (Å²) in [5.74, 6) is 0.693. The van der Waals surface area contributed by atoms with E-state index in [0.717, 1.165) is 105 Å². The van der Waals surface area contributed by atoms with Gasteiger partial charge < -0.3 is 4.42 Å². The lowest BCUT2D eigenvalue weighted by Gasteiger charge is -2.18. The van der Waals surface area contributed by atoms with Crippen molar-refractivity contribution in [1.82, 2.24) is 15.0 Å². The van der Waals surface area contributed by atoms with Gasteiger partial charge in [0.25, 0.3) is 0 Å². The minimum atomic E-state index is 0.693. The van der Waals surface area contributed by atoms with E-state index in [-0.39, 0.29) is 0 Å². The van der Waals surface area contributed by atoms with E-state index in [2.05, 4.69) is 158 Å². The highest BCUT2D eigenvalue weighted by Gasteiger charge is 2.22. The van der Waals surface area contributed by atoms with Crippen LogP contribution >= 0.6 is 0 Å². The number of hydrogen-bond acceptors (Lipinski definition) is 4. The van der Waals surface area contributed by atoms with Crippen molar-refractivity contribution in [1.29, 1.82) is 0 Å². The van der Waals surface area contributed by atoms with Crippen molar-refractivity contribution in [2.45, 2.75) is 0 Å². The molecular weight excluding hydrogens is 671 g/mol. The Morgan fingerprint density at radius 2 is 0.909 bits per heavy atom. The molecule has 0 unspecified atom stereocenters. The number of rotatable bonds is 5. The van der Waals surface area contributed by atoms with Crippen LogP contribution < -0.4 is 0 Å². The molecule has 0 atom stereocenters. The average Bonchev–Trinajstić information content (AvgIpc) is 3.65. The van der Waals surface area contributed by atoms with E-state index in [0.29, 0.717) is 5.82 Å². The van der Waals surface area contributed by atoms with Crippen molar-refractivity contribution in [2.75, 3.05) is 0 Å². The maximum absolute atomic E-state index is 6.58. The Hall–Kier alpha value is -7.43. The number of fused-ring (bicyclic) bond motifs is 8. The third-order valence-electron chi connectivity index (χ3n) is 10.7. The van der Waals surface area contributed by atoms with E-state index in [1.807, 2.05) is 30.3 Å². The lowest BCUT2D eigenvalue weighted by Crippen LogP contribution is -2.01. The second-order valence-corrected chi connectivity index (χ2v) is 13.9. The van der Waals surface area contributed by atoms with Crippen LogP contribution in [-0.4, -0.2) is 15.0 Å². The molecule has 0 bridgehead atoms. The van der Waals surface area contributed by atoms with Crippen LogP contribution in [0.1, 0.15) is 0 Å². The average molecular weight is 702 g/mol. The van der Waals surface area contributed by atoms with E-state index in [9.17, 15) is 0 Å². The quantitative estimate of drug-likeness (QED) is 0.168. The largest absolute Gasteiger partial charge is 0.455 e. The van der Waals surface area contributed by atoms with E-state index in [4.69, 9.17) is 19.4 Å². The molecule has 55 heavy (non-hydrogen) atoms. The zero-order chi connectivity index (χ0) is 36.3. The monoisotopic (exact) mass is 701 g/mol. The normalized spacial score (nSPS) is 11.6. The molecule has 0 aliphatic rings. The third kappa shape index (κ3) is 5.11. The van der Waals surface area contributed by atoms with Crippen molar-refractivity contribution in [3.05, 3.63) is 188 Å².